The van der Waals surface area contributed by atoms with Gasteiger partial charge >= 0.3 is 39.9 Å². The number of hydrogen-bond acceptors (Lipinski definition) is 11. The molecule has 16 heteroatoms. The zero-order valence-corrected chi connectivity index (χ0v) is 15.0. The van der Waals surface area contributed by atoms with Crippen LogP contribution in [0.2, 0.25) is 0 Å². The number of anilines is 1. The van der Waals surface area contributed by atoms with Gasteiger partial charge in [0.15, 0.2) is 10.8 Å². The Morgan fingerprint density at radius 2 is 2.15 bits per heavy atom. The second-order valence-corrected chi connectivity index (χ2v) is 6.86. The standard InChI is InChI=1S/C11H14N6O7S2.Na.H/c1-23-13-3-6-8(10(19)17(6)26(20,21)22)15-9(18)7(16-24-2)5-4-25-11(12)14-5;;/h3-4,6,8H,1-2H3,(H2,12,14)(H,15,18)(H,20,21,22);;/b13-3?,16-7-;;/t6-,8+;;/m1../s1. The second kappa shape index (κ2) is 9.43. The van der Waals surface area contributed by atoms with Crippen molar-refractivity contribution < 1.29 is 32.2 Å². The molecule has 1 aromatic heterocycles. The Kier molecular flexibility index (Phi) is 8.12. The molecule has 1 aliphatic rings. The van der Waals surface area contributed by atoms with Crippen LogP contribution < -0.4 is 11.1 Å². The summed E-state index contributed by atoms with van der Waals surface area (Å²) in [4.78, 5) is 37.3. The number of nitrogens with two attached hydrogens (primary N) is 1. The van der Waals surface area contributed by atoms with Crippen LogP contribution in [0.3, 0.4) is 0 Å². The van der Waals surface area contributed by atoms with Crippen molar-refractivity contribution in [3.05, 3.63) is 11.1 Å². The summed E-state index contributed by atoms with van der Waals surface area (Å²) in [6.07, 6.45) is 0.939. The number of amides is 2. The molecule has 1 aromatic rings. The van der Waals surface area contributed by atoms with Crippen LogP contribution in [-0.4, -0.2) is 102 Å². The summed E-state index contributed by atoms with van der Waals surface area (Å²) in [6.45, 7) is 0. The maximum atomic E-state index is 12.4. The van der Waals surface area contributed by atoms with Crippen LogP contribution in [0.4, 0.5) is 5.13 Å². The van der Waals surface area contributed by atoms with Crippen LogP contribution in [0, 0.1) is 0 Å². The minimum absolute atomic E-state index is 0. The van der Waals surface area contributed by atoms with Crippen molar-refractivity contribution in [1.82, 2.24) is 14.6 Å². The van der Waals surface area contributed by atoms with Crippen molar-refractivity contribution in [2.45, 2.75) is 12.1 Å². The monoisotopic (exact) mass is 430 g/mol. The molecule has 2 amide bonds. The van der Waals surface area contributed by atoms with E-state index in [0.717, 1.165) is 17.6 Å². The average molecular weight is 430 g/mol. The first-order valence-electron chi connectivity index (χ1n) is 6.71. The zero-order chi connectivity index (χ0) is 19.5. The number of aromatic nitrogens is 1. The number of thiazole rings is 1. The van der Waals surface area contributed by atoms with Gasteiger partial charge in [0, 0.05) is 5.38 Å². The van der Waals surface area contributed by atoms with Gasteiger partial charge in [-0.2, -0.15) is 8.42 Å². The van der Waals surface area contributed by atoms with Crippen molar-refractivity contribution in [2.75, 3.05) is 20.0 Å². The number of carbonyl (C=O) groups is 2. The first-order valence-corrected chi connectivity index (χ1v) is 8.99. The Hall–Kier alpha value is -1.78. The van der Waals surface area contributed by atoms with Gasteiger partial charge in [-0.15, -0.1) is 11.3 Å². The second-order valence-electron chi connectivity index (χ2n) is 4.68. The van der Waals surface area contributed by atoms with Gasteiger partial charge in [0.1, 0.15) is 32.0 Å². The number of hydrogen-bond donors (Lipinski definition) is 3. The van der Waals surface area contributed by atoms with Gasteiger partial charge in [0.2, 0.25) is 0 Å². The number of nitrogens with zero attached hydrogens (tertiary/aromatic N) is 4. The third-order valence-electron chi connectivity index (χ3n) is 3.11. The predicted molar refractivity (Wildman–Crippen MR) is 96.8 cm³/mol. The molecule has 1 aliphatic heterocycles. The molecule has 0 radical (unpaired) electrons. The van der Waals surface area contributed by atoms with Crippen LogP contribution in [0.15, 0.2) is 15.7 Å². The third-order valence-corrected chi connectivity index (χ3v) is 4.71. The van der Waals surface area contributed by atoms with E-state index >= 15 is 0 Å². The minimum atomic E-state index is -4.84. The van der Waals surface area contributed by atoms with E-state index in [1.807, 2.05) is 0 Å². The molecule has 0 aliphatic carbocycles. The van der Waals surface area contributed by atoms with Crippen LogP contribution in [0.25, 0.3) is 0 Å². The molecular formula is C11H15N6NaO7S2. The zero-order valence-electron chi connectivity index (χ0n) is 13.4. The van der Waals surface area contributed by atoms with Gasteiger partial charge in [0.25, 0.3) is 11.8 Å². The Balaban J connectivity index is 0.00000364. The van der Waals surface area contributed by atoms with Crippen LogP contribution in [-0.2, 0) is 29.6 Å². The Morgan fingerprint density at radius 3 is 2.63 bits per heavy atom. The van der Waals surface area contributed by atoms with E-state index in [1.165, 1.54) is 19.6 Å². The summed E-state index contributed by atoms with van der Waals surface area (Å²) in [5, 5.41) is 10.8. The first kappa shape index (κ1) is 23.3. The first-order chi connectivity index (χ1) is 12.2. The van der Waals surface area contributed by atoms with Gasteiger partial charge in [-0.05, 0) is 0 Å². The van der Waals surface area contributed by atoms with E-state index in [-0.39, 0.29) is 50.4 Å². The fraction of sp³-hybridized carbons (Fsp3) is 0.364. The van der Waals surface area contributed by atoms with E-state index in [0.29, 0.717) is 0 Å². The number of carbonyl (C=O) groups excluding carboxylic acids is 2. The number of rotatable bonds is 7. The molecule has 13 nitrogen and oxygen atoms in total. The number of nitrogen functional groups attached to an aromatic ring is 1. The summed E-state index contributed by atoms with van der Waals surface area (Å²) in [7, 11) is -2.45. The van der Waals surface area contributed by atoms with Gasteiger partial charge in [-0.3, -0.25) is 14.1 Å². The molecule has 144 valence electrons. The van der Waals surface area contributed by atoms with Crippen molar-refractivity contribution >= 4 is 80.1 Å². The molecule has 0 spiro atoms. The van der Waals surface area contributed by atoms with Crippen molar-refractivity contribution in [2.24, 2.45) is 10.3 Å². The van der Waals surface area contributed by atoms with Gasteiger partial charge in [-0.1, -0.05) is 10.3 Å². The molecule has 0 saturated carbocycles. The molecule has 2 heterocycles. The predicted octanol–water partition coefficient (Wildman–Crippen LogP) is -2.44. The van der Waals surface area contributed by atoms with Crippen LogP contribution in [0.5, 0.6) is 0 Å². The summed E-state index contributed by atoms with van der Waals surface area (Å²) in [6, 6.07) is -2.62. The SMILES string of the molecule is CON=C[C@@H]1[C@H](NC(=O)/C(=N\OC)c2csc(N)n2)C(=O)N1S(=O)(=O)O.[NaH]. The maximum absolute atomic E-state index is 12.4. The molecule has 2 atom stereocenters. The van der Waals surface area contributed by atoms with Crippen LogP contribution >= 0.6 is 11.3 Å². The molecule has 1 fully saturated rings. The molecule has 0 bridgehead atoms. The topological polar surface area (TPSA) is 186 Å². The molecule has 27 heavy (non-hydrogen) atoms. The van der Waals surface area contributed by atoms with Crippen LogP contribution in [0.1, 0.15) is 5.69 Å². The van der Waals surface area contributed by atoms with Gasteiger partial charge in [0.05, 0.1) is 6.21 Å². The van der Waals surface area contributed by atoms with Crippen molar-refractivity contribution in [3.8, 4) is 0 Å². The van der Waals surface area contributed by atoms with E-state index in [9.17, 15) is 18.0 Å². The fourth-order valence-electron chi connectivity index (χ4n) is 2.07. The number of oxime groups is 2. The molecule has 2 rings (SSSR count). The van der Waals surface area contributed by atoms with Crippen molar-refractivity contribution in [3.63, 3.8) is 0 Å². The number of β-lactam (4-membered cyclic amide) rings is 1. The Labute approximate surface area is 179 Å². The average Bonchev–Trinajstić information content (AvgIpc) is 2.98. The Bertz CT molecular complexity index is 870. The van der Waals surface area contributed by atoms with Gasteiger partial charge < -0.3 is 20.7 Å². The molecule has 0 aromatic carbocycles. The molecule has 0 unspecified atom stereocenters. The summed E-state index contributed by atoms with van der Waals surface area (Å²) >= 11 is 1.06. The molecule has 1 saturated heterocycles. The van der Waals surface area contributed by atoms with E-state index in [4.69, 9.17) is 10.3 Å². The Morgan fingerprint density at radius 1 is 1.48 bits per heavy atom. The summed E-state index contributed by atoms with van der Waals surface area (Å²) in [5.74, 6) is -1.94. The number of nitrogens with one attached hydrogen (secondary N) is 1. The van der Waals surface area contributed by atoms with E-state index < -0.39 is 34.2 Å². The molecular weight excluding hydrogens is 415 g/mol. The summed E-state index contributed by atoms with van der Waals surface area (Å²) < 4.78 is 31.8. The normalized spacial score (nSPS) is 20.0. The quantitative estimate of drug-likeness (QED) is 0.139. The van der Waals surface area contributed by atoms with Gasteiger partial charge in [-0.25, -0.2) is 9.29 Å². The fourth-order valence-corrected chi connectivity index (χ4v) is 3.44. The summed E-state index contributed by atoms with van der Waals surface area (Å²) in [5.41, 5.74) is 5.34. The van der Waals surface area contributed by atoms with Crippen molar-refractivity contribution in [1.29, 1.82) is 0 Å². The van der Waals surface area contributed by atoms with E-state index in [2.05, 4.69) is 30.3 Å². The van der Waals surface area contributed by atoms with E-state index in [1.54, 1.807) is 0 Å². The third kappa shape index (κ3) is 5.14. The molecule has 4 N–H and O–H groups in total.